The number of hydrogen-bond donors (Lipinski definition) is 3. The van der Waals surface area contributed by atoms with Gasteiger partial charge in [0.05, 0.1) is 12.8 Å². The Kier molecular flexibility index (Phi) is 9.95. The van der Waals surface area contributed by atoms with Gasteiger partial charge in [0.1, 0.15) is 11.4 Å². The van der Waals surface area contributed by atoms with Gasteiger partial charge in [0.2, 0.25) is 0 Å². The maximum Gasteiger partial charge on any atom is 0.191 e. The number of aliphatic hydroxyl groups is 1. The van der Waals surface area contributed by atoms with Gasteiger partial charge in [0.25, 0.3) is 0 Å². The van der Waals surface area contributed by atoms with Crippen LogP contribution in [0.25, 0.3) is 0 Å². The smallest absolute Gasteiger partial charge is 0.191 e. The molecule has 0 amide bonds. The molecular formula is C19H34IN3O3. The Bertz CT molecular complexity index is 526. The SMILES string of the molecule is CCNC(=NCC(C)(O)c1ccco1)NCC1(CCOC)CCCC1.I. The van der Waals surface area contributed by atoms with Crippen LogP contribution in [0.1, 0.15) is 51.7 Å². The Hall–Kier alpha value is -0.800. The molecule has 3 N–H and O–H groups in total. The normalized spacial score (nSPS) is 18.8. The molecule has 0 aromatic carbocycles. The van der Waals surface area contributed by atoms with Crippen LogP contribution in [-0.2, 0) is 10.3 Å². The predicted molar refractivity (Wildman–Crippen MR) is 115 cm³/mol. The summed E-state index contributed by atoms with van der Waals surface area (Å²) in [5.41, 5.74) is -0.831. The first-order chi connectivity index (χ1) is 12.0. The molecule has 0 bridgehead atoms. The van der Waals surface area contributed by atoms with Crippen molar-refractivity contribution in [3.63, 3.8) is 0 Å². The maximum atomic E-state index is 10.6. The lowest BCUT2D eigenvalue weighted by Gasteiger charge is -2.30. The van der Waals surface area contributed by atoms with Crippen LogP contribution in [0.4, 0.5) is 0 Å². The summed E-state index contributed by atoms with van der Waals surface area (Å²) < 4.78 is 10.6. The van der Waals surface area contributed by atoms with E-state index in [0.717, 1.165) is 32.1 Å². The molecule has 1 aliphatic carbocycles. The summed E-state index contributed by atoms with van der Waals surface area (Å²) in [5, 5.41) is 17.3. The number of halogens is 1. The molecule has 1 unspecified atom stereocenters. The zero-order valence-electron chi connectivity index (χ0n) is 16.2. The number of hydrogen-bond acceptors (Lipinski definition) is 4. The second-order valence-electron chi connectivity index (χ2n) is 7.25. The van der Waals surface area contributed by atoms with E-state index in [1.54, 1.807) is 32.4 Å². The number of methoxy groups -OCH3 is 1. The van der Waals surface area contributed by atoms with Gasteiger partial charge in [0.15, 0.2) is 5.96 Å². The van der Waals surface area contributed by atoms with E-state index in [0.29, 0.717) is 5.76 Å². The first-order valence-corrected chi connectivity index (χ1v) is 9.29. The van der Waals surface area contributed by atoms with Gasteiger partial charge in [-0.1, -0.05) is 12.8 Å². The molecule has 6 nitrogen and oxygen atoms in total. The van der Waals surface area contributed by atoms with Gasteiger partial charge < -0.3 is 24.9 Å². The second-order valence-corrected chi connectivity index (χ2v) is 7.25. The minimum Gasteiger partial charge on any atom is -0.466 e. The Morgan fingerprint density at radius 1 is 1.38 bits per heavy atom. The first-order valence-electron chi connectivity index (χ1n) is 9.29. The molecule has 1 heterocycles. The Morgan fingerprint density at radius 3 is 2.69 bits per heavy atom. The minimum absolute atomic E-state index is 0. The van der Waals surface area contributed by atoms with E-state index in [1.807, 2.05) is 6.92 Å². The molecule has 0 aliphatic heterocycles. The summed E-state index contributed by atoms with van der Waals surface area (Å²) in [6, 6.07) is 3.55. The van der Waals surface area contributed by atoms with Crippen molar-refractivity contribution >= 4 is 29.9 Å². The molecular weight excluding hydrogens is 445 g/mol. The molecule has 2 rings (SSSR count). The van der Waals surface area contributed by atoms with Crippen molar-refractivity contribution in [1.82, 2.24) is 10.6 Å². The van der Waals surface area contributed by atoms with Crippen molar-refractivity contribution in [2.24, 2.45) is 10.4 Å². The minimum atomic E-state index is -1.12. The van der Waals surface area contributed by atoms with Crippen molar-refractivity contribution in [3.8, 4) is 0 Å². The van der Waals surface area contributed by atoms with E-state index < -0.39 is 5.60 Å². The van der Waals surface area contributed by atoms with Crippen molar-refractivity contribution in [2.45, 2.75) is 51.6 Å². The number of nitrogens with zero attached hydrogens (tertiary/aromatic N) is 1. The van der Waals surface area contributed by atoms with E-state index >= 15 is 0 Å². The van der Waals surface area contributed by atoms with Gasteiger partial charge in [-0.15, -0.1) is 24.0 Å². The summed E-state index contributed by atoms with van der Waals surface area (Å²) in [6.45, 7) is 6.45. The molecule has 150 valence electrons. The predicted octanol–water partition coefficient (Wildman–Crippen LogP) is 3.26. The topological polar surface area (TPSA) is 79.0 Å². The summed E-state index contributed by atoms with van der Waals surface area (Å²) >= 11 is 0. The maximum absolute atomic E-state index is 10.6. The summed E-state index contributed by atoms with van der Waals surface area (Å²) in [7, 11) is 1.76. The highest BCUT2D eigenvalue weighted by Gasteiger charge is 2.33. The third-order valence-electron chi connectivity index (χ3n) is 5.07. The molecule has 0 saturated heterocycles. The van der Waals surface area contributed by atoms with Crippen LogP contribution < -0.4 is 10.6 Å². The highest BCUT2D eigenvalue weighted by Crippen LogP contribution is 2.40. The Morgan fingerprint density at radius 2 is 2.12 bits per heavy atom. The quantitative estimate of drug-likeness (QED) is 0.288. The zero-order valence-corrected chi connectivity index (χ0v) is 18.5. The monoisotopic (exact) mass is 479 g/mol. The van der Waals surface area contributed by atoms with Crippen LogP contribution in [0.3, 0.4) is 0 Å². The number of ether oxygens (including phenoxy) is 1. The van der Waals surface area contributed by atoms with Crippen molar-refractivity contribution in [1.29, 1.82) is 0 Å². The number of guanidine groups is 1. The molecule has 1 saturated carbocycles. The lowest BCUT2D eigenvalue weighted by atomic mass is 9.83. The number of furan rings is 1. The summed E-state index contributed by atoms with van der Waals surface area (Å²) in [6.07, 6.45) is 7.66. The molecule has 0 spiro atoms. The van der Waals surface area contributed by atoms with Gasteiger partial charge in [-0.3, -0.25) is 0 Å². The fourth-order valence-corrected chi connectivity index (χ4v) is 3.47. The average Bonchev–Trinajstić information content (AvgIpc) is 3.28. The molecule has 1 aliphatic rings. The van der Waals surface area contributed by atoms with Crippen LogP contribution >= 0.6 is 24.0 Å². The lowest BCUT2D eigenvalue weighted by Crippen LogP contribution is -2.44. The third-order valence-corrected chi connectivity index (χ3v) is 5.07. The van der Waals surface area contributed by atoms with Crippen LogP contribution in [0, 0.1) is 5.41 Å². The number of aliphatic imine (C=N–C) groups is 1. The first kappa shape index (κ1) is 23.2. The molecule has 1 aromatic heterocycles. The van der Waals surface area contributed by atoms with E-state index in [2.05, 4.69) is 15.6 Å². The van der Waals surface area contributed by atoms with Gasteiger partial charge >= 0.3 is 0 Å². The molecule has 1 aromatic rings. The number of nitrogens with one attached hydrogen (secondary N) is 2. The lowest BCUT2D eigenvalue weighted by molar-refractivity contribution is 0.0436. The fraction of sp³-hybridized carbons (Fsp3) is 0.737. The van der Waals surface area contributed by atoms with Gasteiger partial charge in [-0.2, -0.15) is 0 Å². The zero-order chi connectivity index (χ0) is 18.2. The van der Waals surface area contributed by atoms with Gasteiger partial charge in [0, 0.05) is 26.8 Å². The van der Waals surface area contributed by atoms with Gasteiger partial charge in [-0.25, -0.2) is 4.99 Å². The molecule has 0 radical (unpaired) electrons. The number of rotatable bonds is 9. The van der Waals surface area contributed by atoms with Crippen molar-refractivity contribution < 1.29 is 14.3 Å². The van der Waals surface area contributed by atoms with Crippen LogP contribution in [0.2, 0.25) is 0 Å². The Balaban J connectivity index is 0.00000338. The summed E-state index contributed by atoms with van der Waals surface area (Å²) in [5.74, 6) is 1.26. The largest absolute Gasteiger partial charge is 0.466 e. The molecule has 1 atom stereocenters. The average molecular weight is 479 g/mol. The standard InChI is InChI=1S/C19H33N3O3.HI/c1-4-20-17(21-14-18(2,23)16-8-7-12-25-16)22-15-19(11-13-24-3)9-5-6-10-19;/h7-8,12,23H,4-6,9-11,13-15H2,1-3H3,(H2,20,21,22);1H. The van der Waals surface area contributed by atoms with E-state index in [4.69, 9.17) is 9.15 Å². The van der Waals surface area contributed by atoms with E-state index in [1.165, 1.54) is 25.7 Å². The molecule has 7 heteroatoms. The van der Waals surface area contributed by atoms with Crippen LogP contribution in [-0.4, -0.2) is 44.4 Å². The highest BCUT2D eigenvalue weighted by atomic mass is 127. The van der Waals surface area contributed by atoms with E-state index in [9.17, 15) is 5.11 Å². The Labute approximate surface area is 174 Å². The van der Waals surface area contributed by atoms with Gasteiger partial charge in [-0.05, 0) is 50.7 Å². The van der Waals surface area contributed by atoms with Crippen molar-refractivity contribution in [3.05, 3.63) is 24.2 Å². The van der Waals surface area contributed by atoms with Crippen LogP contribution in [0.5, 0.6) is 0 Å². The fourth-order valence-electron chi connectivity index (χ4n) is 3.47. The van der Waals surface area contributed by atoms with Crippen molar-refractivity contribution in [2.75, 3.05) is 33.4 Å². The highest BCUT2D eigenvalue weighted by molar-refractivity contribution is 14.0. The third kappa shape index (κ3) is 6.74. The molecule has 1 fully saturated rings. The second kappa shape index (κ2) is 11.1. The van der Waals surface area contributed by atoms with E-state index in [-0.39, 0.29) is 35.9 Å². The summed E-state index contributed by atoms with van der Waals surface area (Å²) in [4.78, 5) is 4.57. The van der Waals surface area contributed by atoms with Crippen LogP contribution in [0.15, 0.2) is 27.8 Å². The molecule has 26 heavy (non-hydrogen) atoms.